The van der Waals surface area contributed by atoms with Crippen LogP contribution in [-0.4, -0.2) is 110 Å². The largest absolute Gasteiger partial charge is 0.481 e. The number of halogens is 2. The number of carbonyl (C=O) groups excluding carboxylic acids is 2. The van der Waals surface area contributed by atoms with Gasteiger partial charge >= 0.3 is 6.03 Å². The lowest BCUT2D eigenvalue weighted by Gasteiger charge is -2.20. The first-order chi connectivity index (χ1) is 33.8. The number of nitrogens with zero attached hydrogens (tertiary/aromatic N) is 8. The first-order valence-electron chi connectivity index (χ1n) is 23.0. The predicted molar refractivity (Wildman–Crippen MR) is 262 cm³/mol. The normalized spacial score (nSPS) is 14.5. The van der Waals surface area contributed by atoms with E-state index in [1.807, 2.05) is 51.8 Å². The number of sulfonamides is 2. The average molecular weight is 1020 g/mol. The first kappa shape index (κ1) is 50.7. The van der Waals surface area contributed by atoms with Crippen LogP contribution in [-0.2, 0) is 70.3 Å². The summed E-state index contributed by atoms with van der Waals surface area (Å²) in [5.74, 6) is -2.11. The molecule has 0 radical (unpaired) electrons. The van der Waals surface area contributed by atoms with Crippen molar-refractivity contribution in [2.75, 3.05) is 52.5 Å². The minimum atomic E-state index is -4.42. The van der Waals surface area contributed by atoms with Gasteiger partial charge in [0.2, 0.25) is 11.8 Å². The number of aryl methyl sites for hydroxylation is 2. The number of aromatic nitrogens is 6. The van der Waals surface area contributed by atoms with Crippen LogP contribution in [0.2, 0.25) is 0 Å². The van der Waals surface area contributed by atoms with E-state index in [-0.39, 0.29) is 38.4 Å². The molecular weight excluding hydrogens is 959 g/mol. The highest BCUT2D eigenvalue weighted by Gasteiger charge is 2.34. The zero-order chi connectivity index (χ0) is 50.9. The first-order valence-corrected chi connectivity index (χ1v) is 26.0. The number of rotatable bonds is 18. The van der Waals surface area contributed by atoms with Crippen molar-refractivity contribution in [2.45, 2.75) is 88.1 Å². The van der Waals surface area contributed by atoms with Gasteiger partial charge in [0.25, 0.3) is 20.0 Å². The van der Waals surface area contributed by atoms with Crippen molar-refractivity contribution in [2.24, 2.45) is 0 Å². The molecule has 4 heterocycles. The van der Waals surface area contributed by atoms with E-state index in [9.17, 15) is 26.4 Å². The predicted octanol–water partition coefficient (Wildman–Crippen LogP) is 5.65. The van der Waals surface area contributed by atoms with Crippen LogP contribution in [0.15, 0.2) is 71.0 Å². The van der Waals surface area contributed by atoms with Gasteiger partial charge in [-0.1, -0.05) is 6.07 Å². The summed E-state index contributed by atoms with van der Waals surface area (Å²) in [7, 11) is 0.190. The topological polar surface area (TPSA) is 228 Å². The lowest BCUT2D eigenvalue weighted by atomic mass is 9.92. The van der Waals surface area contributed by atoms with Crippen LogP contribution in [0.25, 0.3) is 22.3 Å². The summed E-state index contributed by atoms with van der Waals surface area (Å²) in [6.07, 6.45) is 5.15. The van der Waals surface area contributed by atoms with Crippen LogP contribution < -0.4 is 24.8 Å². The summed E-state index contributed by atoms with van der Waals surface area (Å²) < 4.78 is 99.0. The summed E-state index contributed by atoms with van der Waals surface area (Å²) in [6, 6.07) is 11.0. The second-order valence-corrected chi connectivity index (χ2v) is 21.2. The number of amides is 3. The molecule has 0 saturated carbocycles. The number of carbonyl (C=O) groups is 2. The molecule has 3 amide bonds. The van der Waals surface area contributed by atoms with Gasteiger partial charge in [0.1, 0.15) is 11.6 Å². The number of nitrogens with one attached hydrogen (secondary N) is 4. The molecule has 1 unspecified atom stereocenters. The highest BCUT2D eigenvalue weighted by molar-refractivity contribution is 7.90. The molecule has 23 heteroatoms. The van der Waals surface area contributed by atoms with Crippen LogP contribution in [0, 0.1) is 11.6 Å². The van der Waals surface area contributed by atoms with Gasteiger partial charge in [-0.25, -0.2) is 36.4 Å². The van der Waals surface area contributed by atoms with Gasteiger partial charge in [0, 0.05) is 90.6 Å². The van der Waals surface area contributed by atoms with E-state index in [0.717, 1.165) is 0 Å². The smallest absolute Gasteiger partial charge is 0.333 e. The van der Waals surface area contributed by atoms with Crippen molar-refractivity contribution in [1.29, 1.82) is 0 Å². The van der Waals surface area contributed by atoms with Crippen molar-refractivity contribution in [3.63, 3.8) is 0 Å². The molecule has 1 atom stereocenters. The molecule has 0 saturated heterocycles. The van der Waals surface area contributed by atoms with E-state index in [2.05, 4.69) is 35.3 Å². The fourth-order valence-electron chi connectivity index (χ4n) is 9.32. The van der Waals surface area contributed by atoms with Gasteiger partial charge in [-0.3, -0.25) is 19.1 Å². The van der Waals surface area contributed by atoms with Crippen LogP contribution in [0.5, 0.6) is 5.88 Å². The number of benzene rings is 2. The van der Waals surface area contributed by atoms with Crippen LogP contribution in [0.4, 0.5) is 25.0 Å². The average Bonchev–Trinajstić information content (AvgIpc) is 4.16. The lowest BCUT2D eigenvalue weighted by Crippen LogP contribution is -2.35. The Morgan fingerprint density at radius 1 is 0.746 bits per heavy atom. The molecule has 2 aromatic carbocycles. The number of ether oxygens (including phenoxy) is 1. The molecule has 71 heavy (non-hydrogen) atoms. The van der Waals surface area contributed by atoms with Gasteiger partial charge in [0.15, 0.2) is 10.1 Å². The monoisotopic (exact) mass is 1010 g/mol. The van der Waals surface area contributed by atoms with Gasteiger partial charge in [-0.2, -0.15) is 18.6 Å². The standard InChI is InChI=1S/C48H56F2N12O7S2/c1-8-61-30(26-59(3)4)20-43(56-61)70(65,66)53-25-41(63)54-47-35-15-14-34(45(35)39(50)23-36(47)28-17-18-51-42(19-28)69-7)40-16-13-29(24-52-40)37-22-38(49)32-11-10-12-33(32)46(37)55-48(64)58-71(67,68)44-21-31(27-60(5)6)62(9-2)57-44/h13,16-24,34,53H,8-12,14-15,25-27H2,1-7H3,(H,54,63)(H2,55,58,64). The van der Waals surface area contributed by atoms with E-state index >= 15 is 8.78 Å². The second kappa shape index (κ2) is 20.6. The quantitative estimate of drug-likeness (QED) is 0.0818. The van der Waals surface area contributed by atoms with Gasteiger partial charge < -0.3 is 25.2 Å². The van der Waals surface area contributed by atoms with Crippen molar-refractivity contribution in [3.05, 3.63) is 112 Å². The van der Waals surface area contributed by atoms with E-state index in [0.29, 0.717) is 109 Å². The van der Waals surface area contributed by atoms with Crippen LogP contribution >= 0.6 is 0 Å². The zero-order valence-electron chi connectivity index (χ0n) is 40.4. The zero-order valence-corrected chi connectivity index (χ0v) is 42.1. The minimum Gasteiger partial charge on any atom is -0.481 e. The number of hydrogen-bond acceptors (Lipinski definition) is 13. The summed E-state index contributed by atoms with van der Waals surface area (Å²) >= 11 is 0. The maximum absolute atomic E-state index is 16.7. The lowest BCUT2D eigenvalue weighted by molar-refractivity contribution is -0.115. The molecule has 19 nitrogen and oxygen atoms in total. The van der Waals surface area contributed by atoms with Gasteiger partial charge in [0.05, 0.1) is 36.4 Å². The second-order valence-electron chi connectivity index (χ2n) is 17.9. The number of hydrogen-bond donors (Lipinski definition) is 4. The third-order valence-electron chi connectivity index (χ3n) is 12.5. The van der Waals surface area contributed by atoms with Crippen molar-refractivity contribution in [1.82, 2.24) is 48.8 Å². The maximum atomic E-state index is 16.7. The molecule has 0 bridgehead atoms. The SMILES string of the molecule is CCn1nc(S(=O)(=O)NCC(=O)Nc2c(-c3ccnc(OC)c3)cc(F)c3c2CCC3c2ccc(-c3cc(F)c4c(c3NC(=O)NS(=O)(=O)c3cc(CN(C)C)n(CC)n3)CCC4)cn2)cc1CN(C)C. The van der Waals surface area contributed by atoms with E-state index in [1.165, 1.54) is 43.8 Å². The fourth-order valence-corrected chi connectivity index (χ4v) is 11.2. The molecule has 6 aromatic rings. The Kier molecular flexibility index (Phi) is 14.7. The Labute approximate surface area is 411 Å². The number of pyridine rings is 2. The highest BCUT2D eigenvalue weighted by Crippen LogP contribution is 2.47. The molecule has 2 aliphatic rings. The highest BCUT2D eigenvalue weighted by atomic mass is 32.2. The molecule has 0 aliphatic heterocycles. The molecule has 4 aromatic heterocycles. The third-order valence-corrected chi connectivity index (χ3v) is 14.9. The van der Waals surface area contributed by atoms with E-state index < -0.39 is 56.1 Å². The van der Waals surface area contributed by atoms with Crippen molar-refractivity contribution in [3.8, 4) is 28.1 Å². The Hall–Kier alpha value is -6.66. The number of methoxy groups -OCH3 is 1. The number of urea groups is 1. The summed E-state index contributed by atoms with van der Waals surface area (Å²) in [4.78, 5) is 40.0. The summed E-state index contributed by atoms with van der Waals surface area (Å²) in [5.41, 5.74) is 5.51. The number of anilines is 2. The third kappa shape index (κ3) is 10.7. The Morgan fingerprint density at radius 2 is 1.37 bits per heavy atom. The molecule has 8 rings (SSSR count). The van der Waals surface area contributed by atoms with Crippen molar-refractivity contribution < 1.29 is 39.9 Å². The number of fused-ring (bicyclic) bond motifs is 2. The molecular formula is C48H56F2N12O7S2. The van der Waals surface area contributed by atoms with Gasteiger partial charge in [-0.15, -0.1) is 0 Å². The molecule has 0 fully saturated rings. The fraction of sp³-hybridized carbons (Fsp3) is 0.375. The summed E-state index contributed by atoms with van der Waals surface area (Å²) in [5, 5.41) is 13.5. The molecule has 4 N–H and O–H groups in total. The molecule has 376 valence electrons. The Morgan fingerprint density at radius 3 is 1.99 bits per heavy atom. The Balaban J connectivity index is 1.07. The van der Waals surface area contributed by atoms with Gasteiger partial charge in [-0.05, 0) is 121 Å². The summed E-state index contributed by atoms with van der Waals surface area (Å²) in [6.45, 7) is 4.74. The van der Waals surface area contributed by atoms with Crippen LogP contribution in [0.1, 0.15) is 71.9 Å². The van der Waals surface area contributed by atoms with E-state index in [4.69, 9.17) is 9.72 Å². The maximum Gasteiger partial charge on any atom is 0.333 e. The van der Waals surface area contributed by atoms with E-state index in [1.54, 1.807) is 33.6 Å². The Bertz CT molecular complexity index is 3250. The van der Waals surface area contributed by atoms with Crippen LogP contribution in [0.3, 0.4) is 0 Å². The van der Waals surface area contributed by atoms with Crippen molar-refractivity contribution >= 4 is 43.4 Å². The minimum absolute atomic E-state index is 0.228. The molecule has 2 aliphatic carbocycles. The molecule has 0 spiro atoms.